The van der Waals surface area contributed by atoms with E-state index in [9.17, 15) is 14.7 Å². The molecular formula is C16H23NO4. The Morgan fingerprint density at radius 3 is 2.48 bits per heavy atom. The highest BCUT2D eigenvalue weighted by Gasteiger charge is 2.30. The second-order valence-electron chi connectivity index (χ2n) is 5.16. The Morgan fingerprint density at radius 2 is 2.00 bits per heavy atom. The third kappa shape index (κ3) is 4.29. The molecule has 5 heteroatoms. The standard InChI is InChI=1S/C16H23NO4/c1-5-16(4,15(19)20)17-10-13-9-12(11(3)18)7-8-14(13)21-6-2/h7-9,17H,5-6,10H2,1-4H3,(H,19,20). The number of Topliss-reactive ketones (excluding diaryl/α,β-unsaturated/α-hetero) is 1. The Bertz CT molecular complexity index is 527. The van der Waals surface area contributed by atoms with Crippen LogP contribution in [0.5, 0.6) is 5.75 Å². The van der Waals surface area contributed by atoms with Crippen LogP contribution in [0.15, 0.2) is 18.2 Å². The van der Waals surface area contributed by atoms with Gasteiger partial charge in [-0.15, -0.1) is 0 Å². The van der Waals surface area contributed by atoms with Gasteiger partial charge < -0.3 is 9.84 Å². The molecule has 1 aromatic rings. The van der Waals surface area contributed by atoms with E-state index in [-0.39, 0.29) is 5.78 Å². The minimum Gasteiger partial charge on any atom is -0.494 e. The van der Waals surface area contributed by atoms with E-state index in [0.29, 0.717) is 30.9 Å². The summed E-state index contributed by atoms with van der Waals surface area (Å²) in [5.41, 5.74) is 0.365. The van der Waals surface area contributed by atoms with Crippen LogP contribution >= 0.6 is 0 Å². The van der Waals surface area contributed by atoms with Crippen molar-refractivity contribution in [3.63, 3.8) is 0 Å². The molecule has 0 bridgehead atoms. The van der Waals surface area contributed by atoms with Gasteiger partial charge in [0.1, 0.15) is 11.3 Å². The van der Waals surface area contributed by atoms with E-state index in [1.165, 1.54) is 6.92 Å². The van der Waals surface area contributed by atoms with Gasteiger partial charge in [-0.1, -0.05) is 6.92 Å². The Kier molecular flexibility index (Phi) is 5.90. The number of nitrogens with one attached hydrogen (secondary N) is 1. The van der Waals surface area contributed by atoms with Crippen molar-refractivity contribution in [1.82, 2.24) is 5.32 Å². The highest BCUT2D eigenvalue weighted by atomic mass is 16.5. The number of carboxylic acid groups (broad SMARTS) is 1. The molecule has 0 amide bonds. The topological polar surface area (TPSA) is 75.6 Å². The van der Waals surface area contributed by atoms with Gasteiger partial charge in [0.15, 0.2) is 5.78 Å². The summed E-state index contributed by atoms with van der Waals surface area (Å²) in [4.78, 5) is 22.8. The van der Waals surface area contributed by atoms with Gasteiger partial charge in [0.25, 0.3) is 0 Å². The highest BCUT2D eigenvalue weighted by molar-refractivity contribution is 5.94. The smallest absolute Gasteiger partial charge is 0.323 e. The first-order valence-corrected chi connectivity index (χ1v) is 7.09. The van der Waals surface area contributed by atoms with Gasteiger partial charge in [-0.2, -0.15) is 0 Å². The second-order valence-corrected chi connectivity index (χ2v) is 5.16. The molecule has 0 spiro atoms. The van der Waals surface area contributed by atoms with Gasteiger partial charge in [-0.05, 0) is 45.4 Å². The summed E-state index contributed by atoms with van der Waals surface area (Å²) < 4.78 is 5.53. The minimum atomic E-state index is -1.00. The van der Waals surface area contributed by atoms with Crippen LogP contribution in [-0.2, 0) is 11.3 Å². The largest absolute Gasteiger partial charge is 0.494 e. The number of hydrogen-bond acceptors (Lipinski definition) is 4. The summed E-state index contributed by atoms with van der Waals surface area (Å²) in [6.07, 6.45) is 0.457. The van der Waals surface area contributed by atoms with E-state index in [4.69, 9.17) is 4.74 Å². The molecule has 0 aliphatic carbocycles. The average molecular weight is 293 g/mol. The molecule has 0 saturated heterocycles. The SMILES string of the molecule is CCOc1ccc(C(C)=O)cc1CNC(C)(CC)C(=O)O. The summed E-state index contributed by atoms with van der Waals surface area (Å²) in [5, 5.41) is 12.3. The molecular weight excluding hydrogens is 270 g/mol. The van der Waals surface area contributed by atoms with Crippen molar-refractivity contribution >= 4 is 11.8 Å². The summed E-state index contributed by atoms with van der Waals surface area (Å²) >= 11 is 0. The Balaban J connectivity index is 3.01. The summed E-state index contributed by atoms with van der Waals surface area (Å²) in [5.74, 6) is -0.264. The van der Waals surface area contributed by atoms with Crippen molar-refractivity contribution < 1.29 is 19.4 Å². The van der Waals surface area contributed by atoms with Crippen LogP contribution in [0.2, 0.25) is 0 Å². The number of ketones is 1. The molecule has 0 fully saturated rings. The molecule has 1 unspecified atom stereocenters. The van der Waals surface area contributed by atoms with Gasteiger partial charge in [0.05, 0.1) is 6.61 Å². The maximum atomic E-state index is 11.5. The molecule has 5 nitrogen and oxygen atoms in total. The maximum absolute atomic E-state index is 11.5. The fourth-order valence-corrected chi connectivity index (χ4v) is 1.88. The van der Waals surface area contributed by atoms with Crippen LogP contribution in [0.25, 0.3) is 0 Å². The lowest BCUT2D eigenvalue weighted by Crippen LogP contribution is -2.48. The van der Waals surface area contributed by atoms with E-state index in [1.54, 1.807) is 25.1 Å². The van der Waals surface area contributed by atoms with Crippen molar-refractivity contribution in [3.8, 4) is 5.75 Å². The average Bonchev–Trinajstić information content (AvgIpc) is 2.45. The number of rotatable bonds is 8. The first-order valence-electron chi connectivity index (χ1n) is 7.09. The zero-order valence-electron chi connectivity index (χ0n) is 13.0. The number of hydrogen-bond donors (Lipinski definition) is 2. The summed E-state index contributed by atoms with van der Waals surface area (Å²) in [6.45, 7) is 7.67. The fraction of sp³-hybridized carbons (Fsp3) is 0.500. The molecule has 1 aromatic carbocycles. The van der Waals surface area contributed by atoms with Crippen LogP contribution in [0.1, 0.15) is 50.0 Å². The number of benzene rings is 1. The Labute approximate surface area is 125 Å². The molecule has 1 atom stereocenters. The van der Waals surface area contributed by atoms with Crippen molar-refractivity contribution in [3.05, 3.63) is 29.3 Å². The normalized spacial score (nSPS) is 13.5. The lowest BCUT2D eigenvalue weighted by Gasteiger charge is -2.25. The highest BCUT2D eigenvalue weighted by Crippen LogP contribution is 2.22. The lowest BCUT2D eigenvalue weighted by atomic mass is 9.98. The molecule has 116 valence electrons. The molecule has 0 saturated carbocycles. The summed E-state index contributed by atoms with van der Waals surface area (Å²) in [7, 11) is 0. The van der Waals surface area contributed by atoms with Gasteiger partial charge in [0.2, 0.25) is 0 Å². The molecule has 0 aliphatic rings. The molecule has 0 aliphatic heterocycles. The second kappa shape index (κ2) is 7.22. The number of aliphatic carboxylic acids is 1. The Hall–Kier alpha value is -1.88. The fourth-order valence-electron chi connectivity index (χ4n) is 1.88. The van der Waals surface area contributed by atoms with Gasteiger partial charge >= 0.3 is 5.97 Å². The lowest BCUT2D eigenvalue weighted by molar-refractivity contribution is -0.144. The molecule has 21 heavy (non-hydrogen) atoms. The van der Waals surface area contributed by atoms with Crippen molar-refractivity contribution in [2.45, 2.75) is 46.2 Å². The van der Waals surface area contributed by atoms with Crippen LogP contribution in [-0.4, -0.2) is 29.0 Å². The third-order valence-corrected chi connectivity index (χ3v) is 3.61. The Morgan fingerprint density at radius 1 is 1.33 bits per heavy atom. The number of carboxylic acids is 1. The molecule has 1 rings (SSSR count). The monoisotopic (exact) mass is 293 g/mol. The van der Waals surface area contributed by atoms with E-state index in [1.807, 2.05) is 13.8 Å². The molecule has 0 radical (unpaired) electrons. The first-order chi connectivity index (χ1) is 9.84. The zero-order valence-corrected chi connectivity index (χ0v) is 13.0. The minimum absolute atomic E-state index is 0.0317. The molecule has 0 aromatic heterocycles. The molecule has 0 heterocycles. The first kappa shape index (κ1) is 17.2. The number of ether oxygens (including phenoxy) is 1. The van der Waals surface area contributed by atoms with Crippen molar-refractivity contribution in [2.24, 2.45) is 0 Å². The van der Waals surface area contributed by atoms with Gasteiger partial charge in [-0.3, -0.25) is 14.9 Å². The number of carbonyl (C=O) groups excluding carboxylic acids is 1. The van der Waals surface area contributed by atoms with E-state index in [2.05, 4.69) is 5.32 Å². The van der Waals surface area contributed by atoms with E-state index < -0.39 is 11.5 Å². The zero-order chi connectivity index (χ0) is 16.0. The van der Waals surface area contributed by atoms with Gasteiger partial charge in [-0.25, -0.2) is 0 Å². The maximum Gasteiger partial charge on any atom is 0.323 e. The van der Waals surface area contributed by atoms with Crippen LogP contribution in [0.3, 0.4) is 0 Å². The van der Waals surface area contributed by atoms with Gasteiger partial charge in [0, 0.05) is 17.7 Å². The van der Waals surface area contributed by atoms with Crippen molar-refractivity contribution in [2.75, 3.05) is 6.61 Å². The van der Waals surface area contributed by atoms with E-state index >= 15 is 0 Å². The molecule has 2 N–H and O–H groups in total. The summed E-state index contributed by atoms with van der Waals surface area (Å²) in [6, 6.07) is 5.21. The van der Waals surface area contributed by atoms with E-state index in [0.717, 1.165) is 5.56 Å². The number of carbonyl (C=O) groups is 2. The van der Waals surface area contributed by atoms with Crippen LogP contribution in [0, 0.1) is 0 Å². The quantitative estimate of drug-likeness (QED) is 0.721. The third-order valence-electron chi connectivity index (χ3n) is 3.61. The van der Waals surface area contributed by atoms with Crippen LogP contribution < -0.4 is 10.1 Å². The predicted molar refractivity (Wildman–Crippen MR) is 80.8 cm³/mol. The predicted octanol–water partition coefficient (Wildman–Crippen LogP) is 2.63. The van der Waals surface area contributed by atoms with Crippen LogP contribution in [0.4, 0.5) is 0 Å². The van der Waals surface area contributed by atoms with Crippen molar-refractivity contribution in [1.29, 1.82) is 0 Å².